The molecule has 0 fully saturated rings. The molecular formula is C11H13NO5S. The van der Waals surface area contributed by atoms with Gasteiger partial charge in [0.1, 0.15) is 0 Å². The molecule has 0 saturated carbocycles. The highest BCUT2D eigenvalue weighted by Crippen LogP contribution is 2.31. The number of hydrogen-bond donors (Lipinski definition) is 2. The van der Waals surface area contributed by atoms with E-state index in [4.69, 9.17) is 10.2 Å². The van der Waals surface area contributed by atoms with Gasteiger partial charge in [-0.3, -0.25) is 10.1 Å². The van der Waals surface area contributed by atoms with E-state index in [1.807, 2.05) is 6.92 Å². The molecule has 1 rings (SSSR count). The molecule has 0 aromatic heterocycles. The summed E-state index contributed by atoms with van der Waals surface area (Å²) in [6.07, 6.45) is 0. The molecule has 1 aromatic carbocycles. The predicted octanol–water partition coefficient (Wildman–Crippen LogP) is 2.01. The second-order valence-electron chi connectivity index (χ2n) is 3.84. The van der Waals surface area contributed by atoms with Gasteiger partial charge in [0.05, 0.1) is 15.4 Å². The van der Waals surface area contributed by atoms with Crippen LogP contribution in [0.3, 0.4) is 0 Å². The summed E-state index contributed by atoms with van der Waals surface area (Å²) < 4.78 is 0. The summed E-state index contributed by atoms with van der Waals surface area (Å²) in [6, 6.07) is 3.81. The van der Waals surface area contributed by atoms with E-state index in [1.54, 1.807) is 0 Å². The van der Waals surface area contributed by atoms with Gasteiger partial charge < -0.3 is 10.2 Å². The lowest BCUT2D eigenvalue weighted by Gasteiger charge is -2.07. The number of thioether (sulfide) groups is 1. The van der Waals surface area contributed by atoms with Crippen LogP contribution in [0.15, 0.2) is 23.1 Å². The molecule has 2 N–H and O–H groups in total. The zero-order valence-electron chi connectivity index (χ0n) is 9.70. The van der Waals surface area contributed by atoms with Gasteiger partial charge in [-0.2, -0.15) is 0 Å². The van der Waals surface area contributed by atoms with Gasteiger partial charge in [-0.05, 0) is 18.1 Å². The van der Waals surface area contributed by atoms with E-state index in [1.165, 1.54) is 23.9 Å². The van der Waals surface area contributed by atoms with Crippen LogP contribution >= 0.6 is 11.8 Å². The lowest BCUT2D eigenvalue weighted by Crippen LogP contribution is -2.04. The SMILES string of the molecule is CC(CO)CSc1ccc(C(=O)O)cc1[N+](=O)[O-]. The zero-order chi connectivity index (χ0) is 13.7. The zero-order valence-corrected chi connectivity index (χ0v) is 10.5. The average molecular weight is 271 g/mol. The number of aliphatic hydroxyl groups is 1. The Kier molecular flexibility index (Phi) is 5.11. The Bertz CT molecular complexity index is 463. The average Bonchev–Trinajstić information content (AvgIpc) is 2.35. The molecule has 1 atom stereocenters. The number of carbonyl (C=O) groups is 1. The van der Waals surface area contributed by atoms with Gasteiger partial charge in [-0.25, -0.2) is 4.79 Å². The van der Waals surface area contributed by atoms with Crippen LogP contribution in [0, 0.1) is 16.0 Å². The van der Waals surface area contributed by atoms with Crippen molar-refractivity contribution in [2.75, 3.05) is 12.4 Å². The van der Waals surface area contributed by atoms with E-state index >= 15 is 0 Å². The lowest BCUT2D eigenvalue weighted by molar-refractivity contribution is -0.387. The minimum atomic E-state index is -1.20. The van der Waals surface area contributed by atoms with Gasteiger partial charge in [-0.1, -0.05) is 6.92 Å². The first-order chi connectivity index (χ1) is 8.45. The predicted molar refractivity (Wildman–Crippen MR) is 67.0 cm³/mol. The highest BCUT2D eigenvalue weighted by Gasteiger charge is 2.18. The quantitative estimate of drug-likeness (QED) is 0.466. The van der Waals surface area contributed by atoms with Crippen molar-refractivity contribution < 1.29 is 19.9 Å². The van der Waals surface area contributed by atoms with Crippen molar-refractivity contribution in [2.45, 2.75) is 11.8 Å². The molecule has 0 bridgehead atoms. The van der Waals surface area contributed by atoms with Crippen LogP contribution in [-0.2, 0) is 0 Å². The molecule has 0 spiro atoms. The van der Waals surface area contributed by atoms with Gasteiger partial charge in [0, 0.05) is 18.4 Å². The van der Waals surface area contributed by atoms with Crippen LogP contribution in [0.25, 0.3) is 0 Å². The van der Waals surface area contributed by atoms with Crippen LogP contribution < -0.4 is 0 Å². The van der Waals surface area contributed by atoms with E-state index in [2.05, 4.69) is 0 Å². The van der Waals surface area contributed by atoms with Gasteiger partial charge in [0.25, 0.3) is 5.69 Å². The normalized spacial score (nSPS) is 12.1. The molecule has 0 amide bonds. The van der Waals surface area contributed by atoms with E-state index < -0.39 is 10.9 Å². The number of benzene rings is 1. The summed E-state index contributed by atoms with van der Waals surface area (Å²) >= 11 is 1.23. The lowest BCUT2D eigenvalue weighted by atomic mass is 10.2. The van der Waals surface area contributed by atoms with Crippen molar-refractivity contribution in [1.29, 1.82) is 0 Å². The third-order valence-electron chi connectivity index (χ3n) is 2.24. The third kappa shape index (κ3) is 3.71. The Morgan fingerprint density at radius 1 is 1.56 bits per heavy atom. The van der Waals surface area contributed by atoms with E-state index in [0.717, 1.165) is 6.07 Å². The number of aromatic carboxylic acids is 1. The molecule has 18 heavy (non-hydrogen) atoms. The fraction of sp³-hybridized carbons (Fsp3) is 0.364. The van der Waals surface area contributed by atoms with Crippen LogP contribution in [0.2, 0.25) is 0 Å². The molecule has 0 aliphatic heterocycles. The maximum atomic E-state index is 10.9. The fourth-order valence-electron chi connectivity index (χ4n) is 1.20. The monoisotopic (exact) mass is 271 g/mol. The number of carboxylic acid groups (broad SMARTS) is 1. The standard InChI is InChI=1S/C11H13NO5S/c1-7(5-13)6-18-10-3-2-8(11(14)15)4-9(10)12(16)17/h2-4,7,13H,5-6H2,1H3,(H,14,15). The molecule has 98 valence electrons. The molecule has 0 heterocycles. The summed E-state index contributed by atoms with van der Waals surface area (Å²) in [4.78, 5) is 21.4. The number of aliphatic hydroxyl groups excluding tert-OH is 1. The van der Waals surface area contributed by atoms with Crippen molar-refractivity contribution in [3.05, 3.63) is 33.9 Å². The van der Waals surface area contributed by atoms with Crippen molar-refractivity contribution in [3.8, 4) is 0 Å². The van der Waals surface area contributed by atoms with Crippen LogP contribution in [-0.4, -0.2) is 33.5 Å². The second-order valence-corrected chi connectivity index (χ2v) is 4.91. The first-order valence-corrected chi connectivity index (χ1v) is 6.19. The molecule has 0 aliphatic carbocycles. The van der Waals surface area contributed by atoms with Gasteiger partial charge >= 0.3 is 5.97 Å². The van der Waals surface area contributed by atoms with E-state index in [-0.39, 0.29) is 23.8 Å². The van der Waals surface area contributed by atoms with Crippen molar-refractivity contribution in [2.24, 2.45) is 5.92 Å². The summed E-state index contributed by atoms with van der Waals surface area (Å²) in [6.45, 7) is 1.83. The number of nitro benzene ring substituents is 1. The second kappa shape index (κ2) is 6.36. The third-order valence-corrected chi connectivity index (χ3v) is 3.63. The number of nitro groups is 1. The minimum Gasteiger partial charge on any atom is -0.478 e. The Labute approximate surface area is 108 Å². The maximum absolute atomic E-state index is 10.9. The number of nitrogens with zero attached hydrogens (tertiary/aromatic N) is 1. The molecule has 1 unspecified atom stereocenters. The van der Waals surface area contributed by atoms with Gasteiger partial charge in [0.15, 0.2) is 0 Å². The topological polar surface area (TPSA) is 101 Å². The number of rotatable bonds is 6. The molecular weight excluding hydrogens is 258 g/mol. The van der Waals surface area contributed by atoms with Crippen LogP contribution in [0.1, 0.15) is 17.3 Å². The Hall–Kier alpha value is -1.60. The molecule has 0 aliphatic rings. The first-order valence-electron chi connectivity index (χ1n) is 5.21. The minimum absolute atomic E-state index is 0.00794. The Balaban J connectivity index is 2.97. The largest absolute Gasteiger partial charge is 0.478 e. The molecule has 0 radical (unpaired) electrons. The molecule has 7 heteroatoms. The number of carboxylic acids is 1. The summed E-state index contributed by atoms with van der Waals surface area (Å²) in [7, 11) is 0. The molecule has 0 saturated heterocycles. The van der Waals surface area contributed by atoms with Crippen molar-refractivity contribution in [3.63, 3.8) is 0 Å². The maximum Gasteiger partial charge on any atom is 0.335 e. The molecule has 1 aromatic rings. The number of hydrogen-bond acceptors (Lipinski definition) is 5. The highest BCUT2D eigenvalue weighted by molar-refractivity contribution is 7.99. The highest BCUT2D eigenvalue weighted by atomic mass is 32.2. The Morgan fingerprint density at radius 2 is 2.22 bits per heavy atom. The van der Waals surface area contributed by atoms with Crippen molar-refractivity contribution in [1.82, 2.24) is 0 Å². The van der Waals surface area contributed by atoms with E-state index in [9.17, 15) is 14.9 Å². The van der Waals surface area contributed by atoms with E-state index in [0.29, 0.717) is 10.6 Å². The molecule has 6 nitrogen and oxygen atoms in total. The van der Waals surface area contributed by atoms with Crippen molar-refractivity contribution >= 4 is 23.4 Å². The first kappa shape index (κ1) is 14.5. The summed E-state index contributed by atoms with van der Waals surface area (Å²) in [5.41, 5.74) is -0.328. The fourth-order valence-corrected chi connectivity index (χ4v) is 2.21. The summed E-state index contributed by atoms with van der Waals surface area (Å²) in [5, 5.41) is 28.5. The van der Waals surface area contributed by atoms with Crippen LogP contribution in [0.5, 0.6) is 0 Å². The van der Waals surface area contributed by atoms with Crippen LogP contribution in [0.4, 0.5) is 5.69 Å². The Morgan fingerprint density at radius 3 is 2.72 bits per heavy atom. The smallest absolute Gasteiger partial charge is 0.335 e. The van der Waals surface area contributed by atoms with Gasteiger partial charge in [0.2, 0.25) is 0 Å². The van der Waals surface area contributed by atoms with Gasteiger partial charge in [-0.15, -0.1) is 11.8 Å². The summed E-state index contributed by atoms with van der Waals surface area (Å²) in [5.74, 6) is -0.642.